The second kappa shape index (κ2) is 6.66. The Morgan fingerprint density at radius 3 is 2.46 bits per heavy atom. The topological polar surface area (TPSA) is 72.7 Å². The lowest BCUT2D eigenvalue weighted by Gasteiger charge is -2.38. The Bertz CT molecular complexity index is 657. The molecule has 1 amide bonds. The van der Waals surface area contributed by atoms with E-state index in [1.807, 2.05) is 0 Å². The lowest BCUT2D eigenvalue weighted by atomic mass is 9.90. The SMILES string of the molecule is COc1cc(C(=O)N(CC(F)(F)F)C2CCC2)cc([N+](=O)[O-])c1C. The Morgan fingerprint density at radius 2 is 2.04 bits per heavy atom. The van der Waals surface area contributed by atoms with Gasteiger partial charge in [-0.15, -0.1) is 0 Å². The summed E-state index contributed by atoms with van der Waals surface area (Å²) in [4.78, 5) is 23.7. The zero-order valence-corrected chi connectivity index (χ0v) is 13.2. The zero-order valence-electron chi connectivity index (χ0n) is 13.2. The van der Waals surface area contributed by atoms with Gasteiger partial charge in [-0.05, 0) is 32.3 Å². The molecule has 1 aliphatic rings. The summed E-state index contributed by atoms with van der Waals surface area (Å²) in [5, 5.41) is 11.1. The first kappa shape index (κ1) is 18.0. The van der Waals surface area contributed by atoms with Crippen molar-refractivity contribution in [1.82, 2.24) is 4.90 Å². The molecule has 1 aliphatic carbocycles. The maximum absolute atomic E-state index is 12.8. The molecule has 0 aromatic heterocycles. The molecule has 0 saturated heterocycles. The molecule has 1 saturated carbocycles. The number of ether oxygens (including phenoxy) is 1. The molecule has 24 heavy (non-hydrogen) atoms. The van der Waals surface area contributed by atoms with Crippen LogP contribution in [0.1, 0.15) is 35.2 Å². The molecule has 0 N–H and O–H groups in total. The van der Waals surface area contributed by atoms with E-state index in [1.165, 1.54) is 20.1 Å². The first-order chi connectivity index (χ1) is 11.1. The highest BCUT2D eigenvalue weighted by atomic mass is 19.4. The van der Waals surface area contributed by atoms with Gasteiger partial charge < -0.3 is 9.64 Å². The average molecular weight is 346 g/mol. The van der Waals surface area contributed by atoms with Gasteiger partial charge in [-0.2, -0.15) is 13.2 Å². The van der Waals surface area contributed by atoms with Crippen molar-refractivity contribution < 1.29 is 27.6 Å². The molecule has 6 nitrogen and oxygen atoms in total. The Hall–Kier alpha value is -2.32. The number of nitro benzene ring substituents is 1. The van der Waals surface area contributed by atoms with E-state index < -0.39 is 29.6 Å². The van der Waals surface area contributed by atoms with Crippen LogP contribution in [0.2, 0.25) is 0 Å². The van der Waals surface area contributed by atoms with Crippen molar-refractivity contribution in [2.24, 2.45) is 0 Å². The molecule has 0 atom stereocenters. The second-order valence-corrected chi connectivity index (χ2v) is 5.71. The van der Waals surface area contributed by atoms with Gasteiger partial charge in [0.25, 0.3) is 11.6 Å². The third-order valence-electron chi connectivity index (χ3n) is 4.12. The number of methoxy groups -OCH3 is 1. The van der Waals surface area contributed by atoms with Crippen molar-refractivity contribution in [3.63, 3.8) is 0 Å². The Labute approximate surface area is 136 Å². The van der Waals surface area contributed by atoms with Gasteiger partial charge in [-0.25, -0.2) is 0 Å². The third-order valence-corrected chi connectivity index (χ3v) is 4.12. The number of halogens is 3. The van der Waals surface area contributed by atoms with Crippen LogP contribution in [-0.2, 0) is 0 Å². The number of carbonyl (C=O) groups excluding carboxylic acids is 1. The number of nitrogens with zero attached hydrogens (tertiary/aromatic N) is 2. The normalized spacial score (nSPS) is 14.9. The molecule has 132 valence electrons. The predicted octanol–water partition coefficient (Wildman–Crippen LogP) is 3.47. The Balaban J connectivity index is 2.41. The van der Waals surface area contributed by atoms with Crippen molar-refractivity contribution in [3.8, 4) is 5.75 Å². The van der Waals surface area contributed by atoms with Gasteiger partial charge in [0, 0.05) is 12.1 Å². The van der Waals surface area contributed by atoms with Crippen LogP contribution in [0.25, 0.3) is 0 Å². The van der Waals surface area contributed by atoms with Gasteiger partial charge in [0.05, 0.1) is 23.2 Å². The highest BCUT2D eigenvalue weighted by Gasteiger charge is 2.39. The monoisotopic (exact) mass is 346 g/mol. The van der Waals surface area contributed by atoms with E-state index in [0.717, 1.165) is 17.4 Å². The maximum atomic E-state index is 12.8. The standard InChI is InChI=1S/C15H17F3N2O4/c1-9-12(20(22)23)6-10(7-13(9)24-2)14(21)19(8-15(16,17)18)11-4-3-5-11/h6-7,11H,3-5,8H2,1-2H3. The van der Waals surface area contributed by atoms with Crippen LogP contribution in [0.15, 0.2) is 12.1 Å². The zero-order chi connectivity index (χ0) is 18.1. The number of nitro groups is 1. The molecule has 0 bridgehead atoms. The molecule has 0 unspecified atom stereocenters. The number of alkyl halides is 3. The molecular formula is C15H17F3N2O4. The van der Waals surface area contributed by atoms with Crippen molar-refractivity contribution in [3.05, 3.63) is 33.4 Å². The van der Waals surface area contributed by atoms with Gasteiger partial charge in [0.15, 0.2) is 0 Å². The van der Waals surface area contributed by atoms with Gasteiger partial charge in [0.1, 0.15) is 12.3 Å². The molecule has 2 rings (SSSR count). The first-order valence-corrected chi connectivity index (χ1v) is 7.34. The smallest absolute Gasteiger partial charge is 0.406 e. The molecule has 9 heteroatoms. The fourth-order valence-electron chi connectivity index (χ4n) is 2.62. The summed E-state index contributed by atoms with van der Waals surface area (Å²) in [6, 6.07) is 1.75. The third kappa shape index (κ3) is 3.77. The fraction of sp³-hybridized carbons (Fsp3) is 0.533. The highest BCUT2D eigenvalue weighted by molar-refractivity contribution is 5.96. The molecule has 1 aromatic rings. The second-order valence-electron chi connectivity index (χ2n) is 5.71. The van der Waals surface area contributed by atoms with Gasteiger partial charge >= 0.3 is 6.18 Å². The van der Waals surface area contributed by atoms with Crippen molar-refractivity contribution in [1.29, 1.82) is 0 Å². The predicted molar refractivity (Wildman–Crippen MR) is 79.1 cm³/mol. The first-order valence-electron chi connectivity index (χ1n) is 7.34. The van der Waals surface area contributed by atoms with Crippen molar-refractivity contribution >= 4 is 11.6 Å². The molecule has 0 aliphatic heterocycles. The van der Waals surface area contributed by atoms with E-state index in [1.54, 1.807) is 0 Å². The molecule has 0 spiro atoms. The minimum Gasteiger partial charge on any atom is -0.496 e. The molecule has 1 fully saturated rings. The molecule has 0 radical (unpaired) electrons. The summed E-state index contributed by atoms with van der Waals surface area (Å²) in [5.74, 6) is -0.786. The largest absolute Gasteiger partial charge is 0.496 e. The van der Waals surface area contributed by atoms with Crippen molar-refractivity contribution in [2.75, 3.05) is 13.7 Å². The Kier molecular flexibility index (Phi) is 5.00. The van der Waals surface area contributed by atoms with Gasteiger partial charge in [-0.3, -0.25) is 14.9 Å². The van der Waals surface area contributed by atoms with E-state index in [0.29, 0.717) is 12.8 Å². The van der Waals surface area contributed by atoms with E-state index in [4.69, 9.17) is 4.74 Å². The van der Waals surface area contributed by atoms with E-state index in [2.05, 4.69) is 0 Å². The average Bonchev–Trinajstić information content (AvgIpc) is 2.42. The number of carbonyl (C=O) groups is 1. The van der Waals surface area contributed by atoms with Crippen LogP contribution in [0.3, 0.4) is 0 Å². The van der Waals surface area contributed by atoms with E-state index in [-0.39, 0.29) is 22.6 Å². The summed E-state index contributed by atoms with van der Waals surface area (Å²) in [6.07, 6.45) is -2.80. The lowest BCUT2D eigenvalue weighted by Crippen LogP contribution is -2.48. The number of rotatable bonds is 5. The lowest BCUT2D eigenvalue weighted by molar-refractivity contribution is -0.385. The summed E-state index contributed by atoms with van der Waals surface area (Å²) < 4.78 is 43.4. The van der Waals surface area contributed by atoms with Crippen LogP contribution < -0.4 is 4.74 Å². The van der Waals surface area contributed by atoms with Crippen LogP contribution in [0.5, 0.6) is 5.75 Å². The summed E-state index contributed by atoms with van der Waals surface area (Å²) in [5.41, 5.74) is -0.330. The number of amides is 1. The number of hydrogen-bond donors (Lipinski definition) is 0. The maximum Gasteiger partial charge on any atom is 0.406 e. The van der Waals surface area contributed by atoms with E-state index in [9.17, 15) is 28.1 Å². The van der Waals surface area contributed by atoms with Crippen LogP contribution in [0.4, 0.5) is 18.9 Å². The molecule has 1 aromatic carbocycles. The summed E-state index contributed by atoms with van der Waals surface area (Å²) in [7, 11) is 1.28. The quantitative estimate of drug-likeness (QED) is 0.604. The van der Waals surface area contributed by atoms with Crippen LogP contribution in [0, 0.1) is 17.0 Å². The number of benzene rings is 1. The minimum atomic E-state index is -4.54. The molecular weight excluding hydrogens is 329 g/mol. The van der Waals surface area contributed by atoms with Crippen molar-refractivity contribution in [2.45, 2.75) is 38.4 Å². The fourth-order valence-corrected chi connectivity index (χ4v) is 2.62. The highest BCUT2D eigenvalue weighted by Crippen LogP contribution is 2.33. The minimum absolute atomic E-state index is 0.0909. The van der Waals surface area contributed by atoms with Crippen LogP contribution in [-0.4, -0.2) is 41.6 Å². The Morgan fingerprint density at radius 1 is 1.42 bits per heavy atom. The van der Waals surface area contributed by atoms with Crippen LogP contribution >= 0.6 is 0 Å². The van der Waals surface area contributed by atoms with Gasteiger partial charge in [0.2, 0.25) is 0 Å². The molecule has 0 heterocycles. The summed E-state index contributed by atoms with van der Waals surface area (Å²) >= 11 is 0. The number of hydrogen-bond acceptors (Lipinski definition) is 4. The summed E-state index contributed by atoms with van der Waals surface area (Å²) in [6.45, 7) is 0.0745. The van der Waals surface area contributed by atoms with Gasteiger partial charge in [-0.1, -0.05) is 0 Å². The van der Waals surface area contributed by atoms with E-state index >= 15 is 0 Å².